The molecule has 0 fully saturated rings. The molecule has 0 amide bonds. The molecule has 0 aliphatic heterocycles. The second-order valence-corrected chi connectivity index (χ2v) is 7.04. The lowest BCUT2D eigenvalue weighted by atomic mass is 10.1. The number of nitrogens with zero attached hydrogens (tertiary/aromatic N) is 4. The number of halogens is 2. The highest BCUT2D eigenvalue weighted by Crippen LogP contribution is 2.58. The Morgan fingerprint density at radius 2 is 0.917 bits per heavy atom. The van der Waals surface area contributed by atoms with E-state index >= 15 is 0 Å². The van der Waals surface area contributed by atoms with Crippen molar-refractivity contribution in [2.24, 2.45) is 0 Å². The highest BCUT2D eigenvalue weighted by Gasteiger charge is 2.45. The third-order valence-electron chi connectivity index (χ3n) is 2.59. The maximum absolute atomic E-state index is 11.2. The smallest absolute Gasteiger partial charge is 0.258 e. The minimum Gasteiger partial charge on any atom is -0.258 e. The Morgan fingerprint density at radius 3 is 1.12 bits per heavy atom. The normalized spacial score (nSPS) is 10.6. The van der Waals surface area contributed by atoms with Crippen LogP contribution in [0.2, 0.25) is 8.67 Å². The molecule has 0 saturated carbocycles. The van der Waals surface area contributed by atoms with E-state index in [4.69, 9.17) is 23.2 Å². The van der Waals surface area contributed by atoms with E-state index in [0.29, 0.717) is 0 Å². The van der Waals surface area contributed by atoms with Crippen molar-refractivity contribution < 1.29 is 19.7 Å². The van der Waals surface area contributed by atoms with E-state index in [1.165, 1.54) is 0 Å². The number of nitro groups is 4. The highest BCUT2D eigenvalue weighted by atomic mass is 35.5. The van der Waals surface area contributed by atoms with Gasteiger partial charge in [-0.15, -0.1) is 0 Å². The quantitative estimate of drug-likeness (QED) is 0.510. The van der Waals surface area contributed by atoms with Crippen molar-refractivity contribution in [3.05, 3.63) is 49.1 Å². The van der Waals surface area contributed by atoms with E-state index < -0.39 is 60.9 Å². The molecule has 126 valence electrons. The van der Waals surface area contributed by atoms with E-state index in [0.717, 1.165) is 0 Å². The predicted molar refractivity (Wildman–Crippen MR) is 84.3 cm³/mol. The third kappa shape index (κ3) is 2.75. The number of hydrogen-bond acceptors (Lipinski definition) is 10. The van der Waals surface area contributed by atoms with Gasteiger partial charge >= 0.3 is 21.4 Å². The van der Waals surface area contributed by atoms with Gasteiger partial charge in [0.2, 0.25) is 0 Å². The largest absolute Gasteiger partial charge is 0.341 e. The first-order valence-electron chi connectivity index (χ1n) is 5.30. The fraction of sp³-hybridized carbons (Fsp3) is 0. The van der Waals surface area contributed by atoms with Crippen LogP contribution in [0.25, 0.3) is 11.1 Å². The van der Waals surface area contributed by atoms with Crippen molar-refractivity contribution in [2.75, 3.05) is 0 Å². The van der Waals surface area contributed by atoms with Crippen molar-refractivity contribution >= 4 is 67.3 Å². The lowest BCUT2D eigenvalue weighted by Crippen LogP contribution is -1.97. The summed E-state index contributed by atoms with van der Waals surface area (Å²) in [6, 6.07) is 0. The molecule has 0 unspecified atom stereocenters. The number of hydrogen-bond donors (Lipinski definition) is 0. The molecule has 0 radical (unpaired) electrons. The molecule has 0 aliphatic rings. The van der Waals surface area contributed by atoms with Crippen molar-refractivity contribution in [3.63, 3.8) is 0 Å². The molecular formula is C8Cl2N4O8S2. The molecule has 24 heavy (non-hydrogen) atoms. The molecule has 0 aliphatic carbocycles. The van der Waals surface area contributed by atoms with Crippen molar-refractivity contribution in [2.45, 2.75) is 0 Å². The van der Waals surface area contributed by atoms with Crippen LogP contribution in [0.3, 0.4) is 0 Å². The van der Waals surface area contributed by atoms with E-state index in [2.05, 4.69) is 0 Å². The van der Waals surface area contributed by atoms with Gasteiger partial charge in [-0.2, -0.15) is 0 Å². The molecule has 2 aromatic rings. The molecule has 16 heteroatoms. The van der Waals surface area contributed by atoms with Crippen LogP contribution in [-0.4, -0.2) is 19.7 Å². The van der Waals surface area contributed by atoms with E-state index in [1.54, 1.807) is 0 Å². The maximum atomic E-state index is 11.2. The molecule has 0 atom stereocenters. The van der Waals surface area contributed by atoms with Gasteiger partial charge in [-0.3, -0.25) is 40.5 Å². The van der Waals surface area contributed by atoms with Crippen LogP contribution in [-0.2, 0) is 0 Å². The van der Waals surface area contributed by atoms with Crippen LogP contribution in [0.1, 0.15) is 0 Å². The van der Waals surface area contributed by atoms with Gasteiger partial charge in [0.15, 0.2) is 19.8 Å². The first kappa shape index (κ1) is 17.9. The molecule has 2 rings (SSSR count). The zero-order valence-electron chi connectivity index (χ0n) is 10.6. The van der Waals surface area contributed by atoms with Gasteiger partial charge in [0.05, 0.1) is 19.7 Å². The van der Waals surface area contributed by atoms with Gasteiger partial charge in [-0.05, 0) is 22.7 Å². The van der Waals surface area contributed by atoms with E-state index in [9.17, 15) is 40.5 Å². The van der Waals surface area contributed by atoms with Gasteiger partial charge < -0.3 is 0 Å². The minimum atomic E-state index is -1.11. The Kier molecular flexibility index (Phi) is 4.66. The summed E-state index contributed by atoms with van der Waals surface area (Å²) in [5, 5.41) is 42.7. The summed E-state index contributed by atoms with van der Waals surface area (Å²) in [6.07, 6.45) is 0. The van der Waals surface area contributed by atoms with Crippen LogP contribution >= 0.6 is 45.9 Å². The van der Waals surface area contributed by atoms with Gasteiger partial charge in [0, 0.05) is 0 Å². The van der Waals surface area contributed by atoms with E-state index in [1.807, 2.05) is 0 Å². The number of rotatable bonds is 5. The van der Waals surface area contributed by atoms with Crippen LogP contribution in [0, 0.1) is 40.5 Å². The average Bonchev–Trinajstić information content (AvgIpc) is 2.95. The molecule has 0 spiro atoms. The topological polar surface area (TPSA) is 173 Å². The second-order valence-electron chi connectivity index (χ2n) is 3.84. The SMILES string of the molecule is O=[N+]([O-])c1sc(Cl)c([N+](=O)[O-])c1-c1c([N+](=O)[O-])sc(Cl)c1[N+](=O)[O-]. The molecule has 0 aromatic carbocycles. The van der Waals surface area contributed by atoms with Crippen LogP contribution in [0.5, 0.6) is 0 Å². The highest BCUT2D eigenvalue weighted by molar-refractivity contribution is 7.21. The Hall–Kier alpha value is -2.42. The average molecular weight is 415 g/mol. The second kappa shape index (κ2) is 6.23. The minimum absolute atomic E-state index is 0.163. The van der Waals surface area contributed by atoms with Crippen LogP contribution in [0.4, 0.5) is 21.4 Å². The lowest BCUT2D eigenvalue weighted by Gasteiger charge is -1.97. The standard InChI is InChI=1S/C8Cl2N4O8S2/c9-5-3(11(15)16)1(7(23-5)13(19)20)2-4(12(17)18)6(10)24-8(2)14(21)22. The predicted octanol–water partition coefficient (Wildman–Crippen LogP) is 4.42. The Labute approximate surface area is 147 Å². The third-order valence-corrected chi connectivity index (χ3v) is 5.25. The molecule has 0 bridgehead atoms. The van der Waals surface area contributed by atoms with Crippen LogP contribution in [0.15, 0.2) is 0 Å². The molecule has 0 saturated heterocycles. The summed E-state index contributed by atoms with van der Waals surface area (Å²) in [5.74, 6) is 0. The maximum Gasteiger partial charge on any atom is 0.341 e. The summed E-state index contributed by atoms with van der Waals surface area (Å²) in [6.45, 7) is 0. The van der Waals surface area contributed by atoms with Gasteiger partial charge in [0.1, 0.15) is 0 Å². The summed E-state index contributed by atoms with van der Waals surface area (Å²) in [7, 11) is 0. The monoisotopic (exact) mass is 414 g/mol. The first-order chi connectivity index (χ1) is 11.1. The lowest BCUT2D eigenvalue weighted by molar-refractivity contribution is -0.393. The number of thiophene rings is 2. The Morgan fingerprint density at radius 1 is 0.625 bits per heavy atom. The fourth-order valence-corrected chi connectivity index (χ4v) is 4.20. The van der Waals surface area contributed by atoms with Crippen molar-refractivity contribution in [1.82, 2.24) is 0 Å². The molecule has 12 nitrogen and oxygen atoms in total. The van der Waals surface area contributed by atoms with Crippen molar-refractivity contribution in [1.29, 1.82) is 0 Å². The summed E-state index contributed by atoms with van der Waals surface area (Å²) in [5.41, 5.74) is -3.90. The van der Waals surface area contributed by atoms with Crippen LogP contribution < -0.4 is 0 Å². The molecule has 0 N–H and O–H groups in total. The summed E-state index contributed by atoms with van der Waals surface area (Å²) >= 11 is 11.6. The zero-order valence-corrected chi connectivity index (χ0v) is 13.8. The Bertz CT molecular complexity index is 848. The molecular weight excluding hydrogens is 415 g/mol. The zero-order chi connectivity index (χ0) is 18.3. The summed E-state index contributed by atoms with van der Waals surface area (Å²) < 4.78 is -1.29. The summed E-state index contributed by atoms with van der Waals surface area (Å²) in [4.78, 5) is 40.2. The first-order valence-corrected chi connectivity index (χ1v) is 7.69. The van der Waals surface area contributed by atoms with Gasteiger partial charge in [-0.1, -0.05) is 23.2 Å². The van der Waals surface area contributed by atoms with Gasteiger partial charge in [-0.25, -0.2) is 0 Å². The van der Waals surface area contributed by atoms with Crippen molar-refractivity contribution in [3.8, 4) is 11.1 Å². The van der Waals surface area contributed by atoms with Gasteiger partial charge in [0.25, 0.3) is 0 Å². The molecule has 2 heterocycles. The fourth-order valence-electron chi connectivity index (χ4n) is 1.80. The Balaban J connectivity index is 3.06. The van der Waals surface area contributed by atoms with E-state index in [-0.39, 0.29) is 22.7 Å². The molecule has 2 aromatic heterocycles.